The van der Waals surface area contributed by atoms with Crippen molar-refractivity contribution >= 4 is 0 Å². The highest BCUT2D eigenvalue weighted by atomic mass is 19.1. The molecule has 0 aliphatic heterocycles. The summed E-state index contributed by atoms with van der Waals surface area (Å²) in [4.78, 5) is 6.93. The Morgan fingerprint density at radius 2 is 2.23 bits per heavy atom. The van der Waals surface area contributed by atoms with Crippen LogP contribution in [0.3, 0.4) is 0 Å². The second-order valence-corrected chi connectivity index (χ2v) is 4.27. The van der Waals surface area contributed by atoms with Gasteiger partial charge in [0, 0.05) is 0 Å². The molecule has 1 aromatic rings. The standard InChI is InChI=1S/C9H14FN3/c1-8(2,10)7-12-5-6(13-7)9(11)3-4-9/h5H,3-4,11H2,1-2H3,(H,12,13). The minimum atomic E-state index is -1.41. The number of rotatable bonds is 2. The molecule has 1 heterocycles. The Labute approximate surface area is 76.5 Å². The van der Waals surface area contributed by atoms with Crippen LogP contribution in [0.4, 0.5) is 4.39 Å². The van der Waals surface area contributed by atoms with E-state index in [4.69, 9.17) is 5.73 Å². The highest BCUT2D eigenvalue weighted by Gasteiger charge is 2.42. The summed E-state index contributed by atoms with van der Waals surface area (Å²) in [6, 6.07) is 0. The van der Waals surface area contributed by atoms with Gasteiger partial charge >= 0.3 is 0 Å². The summed E-state index contributed by atoms with van der Waals surface area (Å²) in [5, 5.41) is 0. The van der Waals surface area contributed by atoms with E-state index in [1.807, 2.05) is 0 Å². The lowest BCUT2D eigenvalue weighted by molar-refractivity contribution is 0.208. The second-order valence-electron chi connectivity index (χ2n) is 4.27. The van der Waals surface area contributed by atoms with Gasteiger partial charge in [-0.2, -0.15) is 0 Å². The van der Waals surface area contributed by atoms with Gasteiger partial charge in [0.05, 0.1) is 17.4 Å². The van der Waals surface area contributed by atoms with Gasteiger partial charge in [-0.3, -0.25) is 0 Å². The van der Waals surface area contributed by atoms with Crippen molar-refractivity contribution < 1.29 is 4.39 Å². The van der Waals surface area contributed by atoms with Crippen LogP contribution in [0.2, 0.25) is 0 Å². The summed E-state index contributed by atoms with van der Waals surface area (Å²) in [5.74, 6) is 0.360. The van der Waals surface area contributed by atoms with Crippen LogP contribution >= 0.6 is 0 Å². The molecule has 4 heteroatoms. The van der Waals surface area contributed by atoms with E-state index in [0.29, 0.717) is 5.82 Å². The normalized spacial score (nSPS) is 20.3. The predicted molar refractivity (Wildman–Crippen MR) is 47.8 cm³/mol. The maximum Gasteiger partial charge on any atom is 0.162 e. The first-order valence-electron chi connectivity index (χ1n) is 4.46. The lowest BCUT2D eigenvalue weighted by Crippen LogP contribution is -2.20. The minimum Gasteiger partial charge on any atom is -0.342 e. The molecular formula is C9H14FN3. The molecule has 0 aromatic carbocycles. The third-order valence-corrected chi connectivity index (χ3v) is 2.46. The molecule has 0 bridgehead atoms. The average Bonchev–Trinajstić information content (AvgIpc) is 2.60. The van der Waals surface area contributed by atoms with Crippen molar-refractivity contribution in [1.82, 2.24) is 9.97 Å². The Balaban J connectivity index is 2.29. The molecule has 1 fully saturated rings. The number of nitrogens with two attached hydrogens (primary N) is 1. The molecule has 3 nitrogen and oxygen atoms in total. The molecule has 0 unspecified atom stereocenters. The highest BCUT2D eigenvalue weighted by molar-refractivity contribution is 5.21. The van der Waals surface area contributed by atoms with E-state index in [-0.39, 0.29) is 5.54 Å². The lowest BCUT2D eigenvalue weighted by atomic mass is 10.1. The zero-order chi connectivity index (χ0) is 9.69. The van der Waals surface area contributed by atoms with Crippen LogP contribution < -0.4 is 5.73 Å². The number of alkyl halides is 1. The van der Waals surface area contributed by atoms with Crippen molar-refractivity contribution in [2.75, 3.05) is 0 Å². The average molecular weight is 183 g/mol. The molecule has 0 radical (unpaired) electrons. The lowest BCUT2D eigenvalue weighted by Gasteiger charge is -2.10. The number of aromatic amines is 1. The predicted octanol–water partition coefficient (Wildman–Crippen LogP) is 1.56. The molecule has 1 aliphatic carbocycles. The van der Waals surface area contributed by atoms with Crippen molar-refractivity contribution in [3.05, 3.63) is 17.7 Å². The van der Waals surface area contributed by atoms with E-state index in [0.717, 1.165) is 18.5 Å². The Hall–Kier alpha value is -0.900. The maximum atomic E-state index is 13.4. The quantitative estimate of drug-likeness (QED) is 0.731. The molecular weight excluding hydrogens is 169 g/mol. The van der Waals surface area contributed by atoms with Crippen LogP contribution in [0.5, 0.6) is 0 Å². The molecule has 1 aliphatic rings. The van der Waals surface area contributed by atoms with Crippen LogP contribution in [0.25, 0.3) is 0 Å². The SMILES string of the molecule is CC(C)(F)c1ncc(C2(N)CC2)[nH]1. The summed E-state index contributed by atoms with van der Waals surface area (Å²) in [6.07, 6.45) is 3.56. The molecule has 0 atom stereocenters. The molecule has 0 amide bonds. The monoisotopic (exact) mass is 183 g/mol. The molecule has 72 valence electrons. The number of imidazole rings is 1. The summed E-state index contributed by atoms with van der Waals surface area (Å²) in [6.45, 7) is 2.96. The van der Waals surface area contributed by atoms with Gasteiger partial charge in [-0.1, -0.05) is 0 Å². The first-order chi connectivity index (χ1) is 5.92. The van der Waals surface area contributed by atoms with Crippen LogP contribution in [0.1, 0.15) is 38.2 Å². The maximum absolute atomic E-state index is 13.4. The molecule has 0 saturated heterocycles. The third kappa shape index (κ3) is 1.46. The highest BCUT2D eigenvalue weighted by Crippen LogP contribution is 2.42. The zero-order valence-corrected chi connectivity index (χ0v) is 7.89. The summed E-state index contributed by atoms with van der Waals surface area (Å²) < 4.78 is 13.4. The van der Waals surface area contributed by atoms with Gasteiger partial charge in [0.2, 0.25) is 0 Å². The van der Waals surface area contributed by atoms with E-state index in [9.17, 15) is 4.39 Å². The van der Waals surface area contributed by atoms with Crippen molar-refractivity contribution in [3.8, 4) is 0 Å². The fourth-order valence-corrected chi connectivity index (χ4v) is 1.28. The van der Waals surface area contributed by atoms with Crippen molar-refractivity contribution in [3.63, 3.8) is 0 Å². The van der Waals surface area contributed by atoms with E-state index < -0.39 is 5.67 Å². The number of H-pyrrole nitrogens is 1. The topological polar surface area (TPSA) is 54.7 Å². The van der Waals surface area contributed by atoms with Crippen LogP contribution in [0.15, 0.2) is 6.20 Å². The molecule has 0 spiro atoms. The Morgan fingerprint density at radius 3 is 2.62 bits per heavy atom. The largest absolute Gasteiger partial charge is 0.342 e. The van der Waals surface area contributed by atoms with Crippen LogP contribution in [0, 0.1) is 0 Å². The fourth-order valence-electron chi connectivity index (χ4n) is 1.28. The van der Waals surface area contributed by atoms with E-state index in [1.165, 1.54) is 13.8 Å². The fraction of sp³-hybridized carbons (Fsp3) is 0.667. The van der Waals surface area contributed by atoms with Gasteiger partial charge in [0.15, 0.2) is 5.67 Å². The van der Waals surface area contributed by atoms with Crippen molar-refractivity contribution in [1.29, 1.82) is 0 Å². The van der Waals surface area contributed by atoms with E-state index >= 15 is 0 Å². The number of hydrogen-bond acceptors (Lipinski definition) is 2. The van der Waals surface area contributed by atoms with Gasteiger partial charge in [-0.25, -0.2) is 9.37 Å². The first-order valence-corrected chi connectivity index (χ1v) is 4.46. The summed E-state index contributed by atoms with van der Waals surface area (Å²) >= 11 is 0. The molecule has 13 heavy (non-hydrogen) atoms. The van der Waals surface area contributed by atoms with Gasteiger partial charge in [-0.05, 0) is 26.7 Å². The Morgan fingerprint density at radius 1 is 1.62 bits per heavy atom. The summed E-state index contributed by atoms with van der Waals surface area (Å²) in [7, 11) is 0. The molecule has 1 aromatic heterocycles. The third-order valence-electron chi connectivity index (χ3n) is 2.46. The molecule has 2 rings (SSSR count). The first kappa shape index (κ1) is 8.69. The second kappa shape index (κ2) is 2.32. The number of nitrogens with one attached hydrogen (secondary N) is 1. The number of hydrogen-bond donors (Lipinski definition) is 2. The Bertz CT molecular complexity index is 300. The number of nitrogens with zero attached hydrogens (tertiary/aromatic N) is 1. The molecule has 1 saturated carbocycles. The van der Waals surface area contributed by atoms with Gasteiger partial charge < -0.3 is 10.7 Å². The van der Waals surface area contributed by atoms with Gasteiger partial charge in [0.1, 0.15) is 5.82 Å². The van der Waals surface area contributed by atoms with E-state index in [1.54, 1.807) is 6.20 Å². The van der Waals surface area contributed by atoms with Crippen molar-refractivity contribution in [2.24, 2.45) is 5.73 Å². The van der Waals surface area contributed by atoms with Crippen LogP contribution in [-0.4, -0.2) is 9.97 Å². The summed E-state index contributed by atoms with van der Waals surface area (Å²) in [5.41, 5.74) is 5.12. The smallest absolute Gasteiger partial charge is 0.162 e. The van der Waals surface area contributed by atoms with Gasteiger partial charge in [0.25, 0.3) is 0 Å². The van der Waals surface area contributed by atoms with Crippen molar-refractivity contribution in [2.45, 2.75) is 37.9 Å². The van der Waals surface area contributed by atoms with E-state index in [2.05, 4.69) is 9.97 Å². The number of halogens is 1. The number of aromatic nitrogens is 2. The zero-order valence-electron chi connectivity index (χ0n) is 7.89. The molecule has 3 N–H and O–H groups in total. The minimum absolute atomic E-state index is 0.253. The Kier molecular flexibility index (Phi) is 1.55. The van der Waals surface area contributed by atoms with Gasteiger partial charge in [-0.15, -0.1) is 0 Å². The van der Waals surface area contributed by atoms with Crippen LogP contribution in [-0.2, 0) is 11.2 Å².